The third-order valence-electron chi connectivity index (χ3n) is 4.50. The minimum Gasteiger partial charge on any atom is -0.490 e. The van der Waals surface area contributed by atoms with E-state index in [0.29, 0.717) is 54.0 Å². The van der Waals surface area contributed by atoms with Gasteiger partial charge in [0.25, 0.3) is 5.91 Å². The van der Waals surface area contributed by atoms with E-state index >= 15 is 0 Å². The van der Waals surface area contributed by atoms with E-state index in [1.807, 2.05) is 38.3 Å². The van der Waals surface area contributed by atoms with E-state index in [1.54, 1.807) is 18.2 Å². The largest absolute Gasteiger partial charge is 0.490 e. The van der Waals surface area contributed by atoms with Crippen molar-refractivity contribution in [1.29, 1.82) is 0 Å². The SMILES string of the molecule is C=CCn1c(=NC(=O)c2cc(OCC)c(OCC)c(OCC)c2)sc2cc(C)ccc21. The fraction of sp³-hybridized carbons (Fsp3) is 0.333. The number of amides is 1. The summed E-state index contributed by atoms with van der Waals surface area (Å²) in [5, 5.41) is 0. The maximum Gasteiger partial charge on any atom is 0.279 e. The van der Waals surface area contributed by atoms with Gasteiger partial charge in [-0.2, -0.15) is 4.99 Å². The molecule has 0 spiro atoms. The molecule has 0 aliphatic rings. The normalized spacial score (nSPS) is 11.5. The Morgan fingerprint density at radius 3 is 2.29 bits per heavy atom. The summed E-state index contributed by atoms with van der Waals surface area (Å²) in [6.45, 7) is 13.4. The van der Waals surface area contributed by atoms with E-state index in [2.05, 4.69) is 23.7 Å². The molecule has 7 heteroatoms. The summed E-state index contributed by atoms with van der Waals surface area (Å²) in [6.07, 6.45) is 1.80. The summed E-state index contributed by atoms with van der Waals surface area (Å²) in [5.41, 5.74) is 2.57. The van der Waals surface area contributed by atoms with E-state index < -0.39 is 0 Å². The molecule has 1 heterocycles. The number of carbonyl (C=O) groups excluding carboxylic acids is 1. The van der Waals surface area contributed by atoms with Crippen LogP contribution in [-0.2, 0) is 6.54 Å². The lowest BCUT2D eigenvalue weighted by atomic mass is 10.1. The molecule has 3 rings (SSSR count). The molecule has 0 unspecified atom stereocenters. The van der Waals surface area contributed by atoms with Crippen LogP contribution in [0.15, 0.2) is 48.0 Å². The molecule has 0 aliphatic carbocycles. The van der Waals surface area contributed by atoms with Gasteiger partial charge in [0.15, 0.2) is 16.3 Å². The molecular formula is C24H28N2O4S. The summed E-state index contributed by atoms with van der Waals surface area (Å²) in [7, 11) is 0. The number of ether oxygens (including phenoxy) is 3. The van der Waals surface area contributed by atoms with Crippen molar-refractivity contribution in [1.82, 2.24) is 4.57 Å². The van der Waals surface area contributed by atoms with Crippen molar-refractivity contribution in [2.45, 2.75) is 34.2 Å². The first-order valence-electron chi connectivity index (χ1n) is 10.4. The number of fused-ring (bicyclic) bond motifs is 1. The first kappa shape index (κ1) is 22.6. The quantitative estimate of drug-likeness (QED) is 0.433. The summed E-state index contributed by atoms with van der Waals surface area (Å²) < 4.78 is 20.2. The lowest BCUT2D eigenvalue weighted by Crippen LogP contribution is -2.16. The second kappa shape index (κ2) is 10.3. The van der Waals surface area contributed by atoms with Crippen LogP contribution in [0.3, 0.4) is 0 Å². The van der Waals surface area contributed by atoms with Gasteiger partial charge in [-0.3, -0.25) is 4.79 Å². The predicted octanol–water partition coefficient (Wildman–Crippen LogP) is 5.13. The monoisotopic (exact) mass is 440 g/mol. The van der Waals surface area contributed by atoms with Crippen LogP contribution in [0.25, 0.3) is 10.2 Å². The zero-order chi connectivity index (χ0) is 22.4. The maximum absolute atomic E-state index is 13.1. The molecule has 3 aromatic rings. The van der Waals surface area contributed by atoms with E-state index in [1.165, 1.54) is 11.3 Å². The van der Waals surface area contributed by atoms with Gasteiger partial charge in [0.05, 0.1) is 30.0 Å². The van der Waals surface area contributed by atoms with Crippen molar-refractivity contribution in [2.75, 3.05) is 19.8 Å². The molecule has 0 bridgehead atoms. The summed E-state index contributed by atoms with van der Waals surface area (Å²) in [6, 6.07) is 9.53. The lowest BCUT2D eigenvalue weighted by molar-refractivity contribution is 0.0996. The molecule has 0 aliphatic heterocycles. The number of allylic oxidation sites excluding steroid dienone is 1. The van der Waals surface area contributed by atoms with Crippen molar-refractivity contribution in [3.8, 4) is 17.2 Å². The fourth-order valence-electron chi connectivity index (χ4n) is 3.23. The number of benzene rings is 2. The fourth-order valence-corrected chi connectivity index (χ4v) is 4.37. The summed E-state index contributed by atoms with van der Waals surface area (Å²) in [4.78, 5) is 18.2. The van der Waals surface area contributed by atoms with Crippen LogP contribution >= 0.6 is 11.3 Å². The first-order valence-corrected chi connectivity index (χ1v) is 11.2. The Hall–Kier alpha value is -3.06. The van der Waals surface area contributed by atoms with Gasteiger partial charge in [-0.25, -0.2) is 0 Å². The van der Waals surface area contributed by atoms with Crippen LogP contribution in [0.5, 0.6) is 17.2 Å². The molecule has 164 valence electrons. The van der Waals surface area contributed by atoms with Crippen molar-refractivity contribution < 1.29 is 19.0 Å². The van der Waals surface area contributed by atoms with Gasteiger partial charge in [0.1, 0.15) is 0 Å². The summed E-state index contributed by atoms with van der Waals surface area (Å²) >= 11 is 1.48. The van der Waals surface area contributed by atoms with Gasteiger partial charge >= 0.3 is 0 Å². The number of nitrogens with zero attached hydrogens (tertiary/aromatic N) is 2. The molecule has 0 fully saturated rings. The minimum atomic E-state index is -0.369. The average Bonchev–Trinajstić information content (AvgIpc) is 3.06. The molecule has 6 nitrogen and oxygen atoms in total. The molecule has 0 saturated carbocycles. The second-order valence-corrected chi connectivity index (χ2v) is 7.78. The third-order valence-corrected chi connectivity index (χ3v) is 5.54. The molecular weight excluding hydrogens is 412 g/mol. The Bertz CT molecular complexity index is 1130. The van der Waals surface area contributed by atoms with Crippen molar-refractivity contribution in [2.24, 2.45) is 4.99 Å². The van der Waals surface area contributed by atoms with Gasteiger partial charge in [-0.1, -0.05) is 23.5 Å². The Morgan fingerprint density at radius 2 is 1.71 bits per heavy atom. The highest BCUT2D eigenvalue weighted by molar-refractivity contribution is 7.16. The second-order valence-electron chi connectivity index (χ2n) is 6.77. The molecule has 1 aromatic heterocycles. The Balaban J connectivity index is 2.13. The number of aromatic nitrogens is 1. The molecule has 0 saturated heterocycles. The van der Waals surface area contributed by atoms with Gasteiger partial charge < -0.3 is 18.8 Å². The lowest BCUT2D eigenvalue weighted by Gasteiger charge is -2.16. The number of hydrogen-bond donors (Lipinski definition) is 0. The Kier molecular flexibility index (Phi) is 7.52. The Labute approximate surface area is 186 Å². The number of rotatable bonds is 9. The third kappa shape index (κ3) is 4.99. The van der Waals surface area contributed by atoms with Crippen molar-refractivity contribution >= 4 is 27.5 Å². The van der Waals surface area contributed by atoms with Gasteiger partial charge in [0, 0.05) is 12.1 Å². The zero-order valence-electron chi connectivity index (χ0n) is 18.4. The summed E-state index contributed by atoms with van der Waals surface area (Å²) in [5.74, 6) is 1.08. The van der Waals surface area contributed by atoms with Crippen LogP contribution in [0.2, 0.25) is 0 Å². The highest BCUT2D eigenvalue weighted by atomic mass is 32.1. The molecule has 1 amide bonds. The van der Waals surface area contributed by atoms with Crippen molar-refractivity contribution in [3.63, 3.8) is 0 Å². The molecule has 0 radical (unpaired) electrons. The zero-order valence-corrected chi connectivity index (χ0v) is 19.3. The molecule has 0 atom stereocenters. The van der Waals surface area contributed by atoms with Crippen LogP contribution in [0.4, 0.5) is 0 Å². The van der Waals surface area contributed by atoms with Gasteiger partial charge in [-0.05, 0) is 57.5 Å². The van der Waals surface area contributed by atoms with Gasteiger partial charge in [-0.15, -0.1) is 6.58 Å². The number of hydrogen-bond acceptors (Lipinski definition) is 5. The Morgan fingerprint density at radius 1 is 1.06 bits per heavy atom. The average molecular weight is 441 g/mol. The maximum atomic E-state index is 13.1. The standard InChI is InChI=1S/C24H28N2O4S/c1-6-12-26-18-11-10-16(5)13-21(18)31-24(26)25-23(27)17-14-19(28-7-2)22(30-9-4)20(15-17)29-8-3/h6,10-11,13-15H,1,7-9,12H2,2-5H3. The van der Waals surface area contributed by atoms with Crippen LogP contribution in [0.1, 0.15) is 36.7 Å². The molecule has 31 heavy (non-hydrogen) atoms. The van der Waals surface area contributed by atoms with Crippen LogP contribution in [0, 0.1) is 6.92 Å². The number of carbonyl (C=O) groups is 1. The van der Waals surface area contributed by atoms with E-state index in [-0.39, 0.29) is 5.91 Å². The van der Waals surface area contributed by atoms with Crippen LogP contribution in [-0.4, -0.2) is 30.3 Å². The number of aryl methyl sites for hydroxylation is 1. The smallest absolute Gasteiger partial charge is 0.279 e. The minimum absolute atomic E-state index is 0.369. The predicted molar refractivity (Wildman–Crippen MR) is 125 cm³/mol. The van der Waals surface area contributed by atoms with E-state index in [9.17, 15) is 4.79 Å². The number of thiazole rings is 1. The molecule has 2 aromatic carbocycles. The van der Waals surface area contributed by atoms with Crippen molar-refractivity contribution in [3.05, 3.63) is 58.9 Å². The first-order chi connectivity index (χ1) is 15.0. The van der Waals surface area contributed by atoms with E-state index in [4.69, 9.17) is 14.2 Å². The highest BCUT2D eigenvalue weighted by Crippen LogP contribution is 2.39. The van der Waals surface area contributed by atoms with Crippen LogP contribution < -0.4 is 19.0 Å². The van der Waals surface area contributed by atoms with Gasteiger partial charge in [0.2, 0.25) is 5.75 Å². The highest BCUT2D eigenvalue weighted by Gasteiger charge is 2.18. The topological polar surface area (TPSA) is 62.1 Å². The molecule has 0 N–H and O–H groups in total. The van der Waals surface area contributed by atoms with E-state index in [0.717, 1.165) is 15.8 Å².